The first-order chi connectivity index (χ1) is 8.26. The van der Waals surface area contributed by atoms with Crippen molar-refractivity contribution in [3.05, 3.63) is 21.7 Å². The quantitative estimate of drug-likeness (QED) is 0.661. The molecule has 1 heterocycles. The van der Waals surface area contributed by atoms with Gasteiger partial charge in [-0.15, -0.1) is 0 Å². The fourth-order valence-electron chi connectivity index (χ4n) is 2.44. The largest absolute Gasteiger partial charge is 0.374 e. The lowest BCUT2D eigenvalue weighted by Crippen LogP contribution is -2.10. The predicted octanol–water partition coefficient (Wildman–Crippen LogP) is 3.51. The van der Waals surface area contributed by atoms with Crippen LogP contribution in [0.2, 0.25) is 0 Å². The highest BCUT2D eigenvalue weighted by Gasteiger charge is 2.16. The third kappa shape index (κ3) is 2.75. The van der Waals surface area contributed by atoms with E-state index in [9.17, 15) is 0 Å². The van der Waals surface area contributed by atoms with Crippen LogP contribution < -0.4 is 0 Å². The highest BCUT2D eigenvalue weighted by molar-refractivity contribution is 7.71. The minimum absolute atomic E-state index is 0.0326. The van der Waals surface area contributed by atoms with Crippen LogP contribution in [0.1, 0.15) is 55.8 Å². The van der Waals surface area contributed by atoms with Gasteiger partial charge in [-0.05, 0) is 32.1 Å². The average molecular weight is 252 g/mol. The summed E-state index contributed by atoms with van der Waals surface area (Å²) in [6.07, 6.45) is 6.86. The summed E-state index contributed by atoms with van der Waals surface area (Å²) in [5.41, 5.74) is 2.54. The van der Waals surface area contributed by atoms with Gasteiger partial charge >= 0.3 is 0 Å². The number of fused-ring (bicyclic) bond motifs is 1. The Morgan fingerprint density at radius 2 is 2.12 bits per heavy atom. The molecule has 1 aromatic heterocycles. The molecule has 1 N–H and O–H groups in total. The maximum Gasteiger partial charge on any atom is 0.137 e. The standard InChI is InChI=1S/C13H20N2OS/c1-3-11(16-2)12-14-10-8-6-4-5-7-9(10)13(17)15-12/h11H,3-8H2,1-2H3,(H,14,15,17). The number of aromatic amines is 1. The van der Waals surface area contributed by atoms with Gasteiger partial charge in [0.15, 0.2) is 0 Å². The van der Waals surface area contributed by atoms with Crippen molar-refractivity contribution in [2.24, 2.45) is 0 Å². The molecular weight excluding hydrogens is 232 g/mol. The van der Waals surface area contributed by atoms with E-state index in [1.165, 1.54) is 30.5 Å². The molecule has 1 atom stereocenters. The fraction of sp³-hybridized carbons (Fsp3) is 0.692. The van der Waals surface area contributed by atoms with Gasteiger partial charge in [-0.25, -0.2) is 4.98 Å². The zero-order chi connectivity index (χ0) is 12.3. The predicted molar refractivity (Wildman–Crippen MR) is 70.7 cm³/mol. The first-order valence-corrected chi connectivity index (χ1v) is 6.81. The van der Waals surface area contributed by atoms with E-state index in [0.717, 1.165) is 29.7 Å². The Morgan fingerprint density at radius 3 is 2.82 bits per heavy atom. The topological polar surface area (TPSA) is 37.9 Å². The molecule has 94 valence electrons. The molecule has 0 bridgehead atoms. The SMILES string of the molecule is CCC(OC)c1nc(=S)c2c([nH]1)CCCCC2. The minimum Gasteiger partial charge on any atom is -0.374 e. The maximum absolute atomic E-state index is 5.42. The molecule has 1 aliphatic rings. The lowest BCUT2D eigenvalue weighted by atomic mass is 10.1. The molecule has 1 aliphatic carbocycles. The van der Waals surface area contributed by atoms with Crippen molar-refractivity contribution in [1.82, 2.24) is 9.97 Å². The third-order valence-electron chi connectivity index (χ3n) is 3.44. The number of H-pyrrole nitrogens is 1. The van der Waals surface area contributed by atoms with Gasteiger partial charge in [0.25, 0.3) is 0 Å². The molecule has 0 saturated carbocycles. The monoisotopic (exact) mass is 252 g/mol. The molecule has 1 aromatic rings. The van der Waals surface area contributed by atoms with Crippen molar-refractivity contribution in [2.75, 3.05) is 7.11 Å². The van der Waals surface area contributed by atoms with E-state index in [2.05, 4.69) is 16.9 Å². The van der Waals surface area contributed by atoms with Gasteiger partial charge in [0.05, 0.1) is 0 Å². The zero-order valence-corrected chi connectivity index (χ0v) is 11.4. The summed E-state index contributed by atoms with van der Waals surface area (Å²) in [5, 5.41) is 0. The molecule has 0 saturated heterocycles. The molecule has 0 aliphatic heterocycles. The Labute approximate surface area is 108 Å². The number of hydrogen-bond donors (Lipinski definition) is 1. The van der Waals surface area contributed by atoms with Gasteiger partial charge < -0.3 is 9.72 Å². The molecule has 1 unspecified atom stereocenters. The van der Waals surface area contributed by atoms with Crippen molar-refractivity contribution in [3.63, 3.8) is 0 Å². The average Bonchev–Trinajstić information content (AvgIpc) is 2.56. The number of hydrogen-bond acceptors (Lipinski definition) is 3. The van der Waals surface area contributed by atoms with Crippen LogP contribution in [0.5, 0.6) is 0 Å². The number of aromatic nitrogens is 2. The number of nitrogens with one attached hydrogen (secondary N) is 1. The molecule has 17 heavy (non-hydrogen) atoms. The van der Waals surface area contributed by atoms with Crippen molar-refractivity contribution in [2.45, 2.75) is 51.6 Å². The Hall–Kier alpha value is -0.740. The minimum atomic E-state index is 0.0326. The highest BCUT2D eigenvalue weighted by Crippen LogP contribution is 2.23. The van der Waals surface area contributed by atoms with Gasteiger partial charge in [0.1, 0.15) is 16.6 Å². The Balaban J connectivity index is 2.41. The summed E-state index contributed by atoms with van der Waals surface area (Å²) in [4.78, 5) is 7.95. The van der Waals surface area contributed by atoms with E-state index in [-0.39, 0.29) is 6.10 Å². The van der Waals surface area contributed by atoms with Crippen molar-refractivity contribution in [1.29, 1.82) is 0 Å². The Morgan fingerprint density at radius 1 is 1.35 bits per heavy atom. The first kappa shape index (κ1) is 12.7. The van der Waals surface area contributed by atoms with Crippen molar-refractivity contribution in [3.8, 4) is 0 Å². The number of methoxy groups -OCH3 is 1. The van der Waals surface area contributed by atoms with Gasteiger partial charge in [-0.1, -0.05) is 25.6 Å². The molecule has 0 amide bonds. The molecule has 3 nitrogen and oxygen atoms in total. The van der Waals surface area contributed by atoms with E-state index in [0.29, 0.717) is 0 Å². The summed E-state index contributed by atoms with van der Waals surface area (Å²) in [6.45, 7) is 2.10. The third-order valence-corrected chi connectivity index (χ3v) is 3.77. The first-order valence-electron chi connectivity index (χ1n) is 6.41. The van der Waals surface area contributed by atoms with Crippen molar-refractivity contribution >= 4 is 12.2 Å². The van der Waals surface area contributed by atoms with E-state index in [4.69, 9.17) is 17.0 Å². The summed E-state index contributed by atoms with van der Waals surface area (Å²) in [5.74, 6) is 0.889. The molecule has 0 aromatic carbocycles. The van der Waals surface area contributed by atoms with Crippen molar-refractivity contribution < 1.29 is 4.74 Å². The van der Waals surface area contributed by atoms with Crippen LogP contribution in [0.15, 0.2) is 0 Å². The normalized spacial score (nSPS) is 17.3. The molecular formula is C13H20N2OS. The number of rotatable bonds is 3. The fourth-order valence-corrected chi connectivity index (χ4v) is 2.76. The van der Waals surface area contributed by atoms with Crippen LogP contribution >= 0.6 is 12.2 Å². The highest BCUT2D eigenvalue weighted by atomic mass is 32.1. The van der Waals surface area contributed by atoms with E-state index in [1.54, 1.807) is 7.11 Å². The zero-order valence-electron chi connectivity index (χ0n) is 10.6. The molecule has 0 fully saturated rings. The van der Waals surface area contributed by atoms with Crippen LogP contribution in [-0.2, 0) is 17.6 Å². The second-order valence-corrected chi connectivity index (χ2v) is 4.96. The lowest BCUT2D eigenvalue weighted by molar-refractivity contribution is 0.0922. The summed E-state index contributed by atoms with van der Waals surface area (Å²) >= 11 is 5.41. The van der Waals surface area contributed by atoms with Gasteiger partial charge in [-0.2, -0.15) is 0 Å². The van der Waals surface area contributed by atoms with Gasteiger partial charge in [0, 0.05) is 18.4 Å². The smallest absolute Gasteiger partial charge is 0.137 e. The maximum atomic E-state index is 5.42. The van der Waals surface area contributed by atoms with Crippen LogP contribution in [0, 0.1) is 4.64 Å². The van der Waals surface area contributed by atoms with Gasteiger partial charge in [0.2, 0.25) is 0 Å². The van der Waals surface area contributed by atoms with Crippen LogP contribution in [0.25, 0.3) is 0 Å². The van der Waals surface area contributed by atoms with Crippen LogP contribution in [0.3, 0.4) is 0 Å². The number of aryl methyl sites for hydroxylation is 1. The van der Waals surface area contributed by atoms with Gasteiger partial charge in [-0.3, -0.25) is 0 Å². The Kier molecular flexibility index (Phi) is 4.29. The summed E-state index contributed by atoms with van der Waals surface area (Å²) in [6, 6.07) is 0. The molecule has 0 radical (unpaired) electrons. The molecule has 0 spiro atoms. The molecule has 4 heteroatoms. The van der Waals surface area contributed by atoms with Crippen LogP contribution in [0.4, 0.5) is 0 Å². The summed E-state index contributed by atoms with van der Waals surface area (Å²) in [7, 11) is 1.72. The second-order valence-electron chi connectivity index (χ2n) is 4.58. The Bertz CT molecular complexity index is 438. The number of ether oxygens (including phenoxy) is 1. The second kappa shape index (κ2) is 5.74. The van der Waals surface area contributed by atoms with E-state index < -0.39 is 0 Å². The van der Waals surface area contributed by atoms with E-state index >= 15 is 0 Å². The lowest BCUT2D eigenvalue weighted by Gasteiger charge is -2.15. The molecule has 2 rings (SSSR count). The number of nitrogens with zero attached hydrogens (tertiary/aromatic N) is 1. The van der Waals surface area contributed by atoms with E-state index in [1.807, 2.05) is 0 Å². The van der Waals surface area contributed by atoms with Crippen LogP contribution in [-0.4, -0.2) is 17.1 Å². The summed E-state index contributed by atoms with van der Waals surface area (Å²) < 4.78 is 6.19.